The number of carbonyl (C=O) groups is 1. The first-order chi connectivity index (χ1) is 12.4. The lowest BCUT2D eigenvalue weighted by Gasteiger charge is -2.08. The second-order valence-electron chi connectivity index (χ2n) is 6.05. The predicted octanol–water partition coefficient (Wildman–Crippen LogP) is 1.91. The van der Waals surface area contributed by atoms with E-state index in [0.29, 0.717) is 18.5 Å². The highest BCUT2D eigenvalue weighted by molar-refractivity contribution is 5.96. The van der Waals surface area contributed by atoms with Gasteiger partial charge in [-0.1, -0.05) is 0 Å². The van der Waals surface area contributed by atoms with Gasteiger partial charge in [-0.3, -0.25) is 0 Å². The minimum absolute atomic E-state index is 0.0849. The summed E-state index contributed by atoms with van der Waals surface area (Å²) >= 11 is 0. The molecule has 2 aromatic heterocycles. The normalized spacial score (nSPS) is 12.1. The number of nitrogen functional groups attached to an aromatic ring is 1. The Kier molecular flexibility index (Phi) is 4.65. The summed E-state index contributed by atoms with van der Waals surface area (Å²) in [4.78, 5) is 19.8. The Labute approximate surface area is 149 Å². The number of aryl methyl sites for hydroxylation is 1. The largest absolute Gasteiger partial charge is 0.464 e. The molecule has 8 nitrogen and oxygen atoms in total. The third-order valence-corrected chi connectivity index (χ3v) is 4.14. The molecule has 2 heterocycles. The summed E-state index contributed by atoms with van der Waals surface area (Å²) in [6.07, 6.45) is 2.35. The van der Waals surface area contributed by atoms with Crippen LogP contribution < -0.4 is 5.73 Å². The van der Waals surface area contributed by atoms with Gasteiger partial charge in [-0.05, 0) is 31.5 Å². The predicted molar refractivity (Wildman–Crippen MR) is 95.9 cm³/mol. The average molecular weight is 353 g/mol. The monoisotopic (exact) mass is 353 g/mol. The van der Waals surface area contributed by atoms with E-state index in [2.05, 4.69) is 9.97 Å². The van der Waals surface area contributed by atoms with Gasteiger partial charge < -0.3 is 25.1 Å². The number of carbonyl (C=O) groups excluding carboxylic acids is 1. The molecule has 0 spiro atoms. The number of methoxy groups -OCH3 is 1. The SMILES string of the molecule is COC(=O)c1c(N)c(C#N)cn1-c1ccc2nc(CCC(C)O)[nH]c2c1. The molecule has 0 amide bonds. The van der Waals surface area contributed by atoms with Crippen LogP contribution in [0.25, 0.3) is 16.7 Å². The first-order valence-electron chi connectivity index (χ1n) is 8.11. The van der Waals surface area contributed by atoms with E-state index < -0.39 is 12.1 Å². The number of nitrogens with zero attached hydrogens (tertiary/aromatic N) is 3. The number of ether oxygens (including phenoxy) is 1. The fourth-order valence-electron chi connectivity index (χ4n) is 2.78. The number of fused-ring (bicyclic) bond motifs is 1. The van der Waals surface area contributed by atoms with Gasteiger partial charge in [0.05, 0.1) is 35.5 Å². The molecule has 3 rings (SSSR count). The smallest absolute Gasteiger partial charge is 0.357 e. The molecular weight excluding hydrogens is 334 g/mol. The van der Waals surface area contributed by atoms with E-state index >= 15 is 0 Å². The summed E-state index contributed by atoms with van der Waals surface area (Å²) in [5.41, 5.74) is 8.52. The second-order valence-corrected chi connectivity index (χ2v) is 6.05. The number of hydrogen-bond donors (Lipinski definition) is 3. The summed E-state index contributed by atoms with van der Waals surface area (Å²) in [5, 5.41) is 18.6. The van der Waals surface area contributed by atoms with Crippen molar-refractivity contribution in [3.05, 3.63) is 41.5 Å². The lowest BCUT2D eigenvalue weighted by atomic mass is 10.2. The van der Waals surface area contributed by atoms with Crippen LogP contribution in [0.15, 0.2) is 24.4 Å². The Morgan fingerprint density at radius 1 is 1.54 bits per heavy atom. The van der Waals surface area contributed by atoms with Gasteiger partial charge in [-0.15, -0.1) is 0 Å². The number of aliphatic hydroxyl groups is 1. The van der Waals surface area contributed by atoms with Crippen LogP contribution in [0.4, 0.5) is 5.69 Å². The van der Waals surface area contributed by atoms with Crippen LogP contribution in [0.2, 0.25) is 0 Å². The highest BCUT2D eigenvalue weighted by atomic mass is 16.5. The summed E-state index contributed by atoms with van der Waals surface area (Å²) in [5.74, 6) is 0.155. The molecule has 0 radical (unpaired) electrons. The molecule has 8 heteroatoms. The maximum atomic E-state index is 12.1. The molecule has 0 aliphatic carbocycles. The van der Waals surface area contributed by atoms with Crippen LogP contribution in [-0.4, -0.2) is 38.8 Å². The zero-order valence-electron chi connectivity index (χ0n) is 14.5. The van der Waals surface area contributed by atoms with Crippen molar-refractivity contribution in [2.75, 3.05) is 12.8 Å². The Balaban J connectivity index is 2.06. The van der Waals surface area contributed by atoms with Crippen LogP contribution in [0.1, 0.15) is 35.2 Å². The van der Waals surface area contributed by atoms with E-state index in [-0.39, 0.29) is 16.9 Å². The molecule has 0 bridgehead atoms. The molecule has 0 saturated heterocycles. The van der Waals surface area contributed by atoms with Crippen LogP contribution >= 0.6 is 0 Å². The van der Waals surface area contributed by atoms with E-state index in [1.54, 1.807) is 13.0 Å². The van der Waals surface area contributed by atoms with Crippen LogP contribution in [0.5, 0.6) is 0 Å². The zero-order chi connectivity index (χ0) is 18.8. The van der Waals surface area contributed by atoms with Gasteiger partial charge in [-0.25, -0.2) is 9.78 Å². The Morgan fingerprint density at radius 2 is 2.31 bits per heavy atom. The third-order valence-electron chi connectivity index (χ3n) is 4.14. The fraction of sp³-hybridized carbons (Fsp3) is 0.278. The number of benzene rings is 1. The van der Waals surface area contributed by atoms with E-state index in [1.165, 1.54) is 17.9 Å². The number of anilines is 1. The topological polar surface area (TPSA) is 130 Å². The molecule has 134 valence electrons. The first kappa shape index (κ1) is 17.5. The number of rotatable bonds is 5. The number of H-pyrrole nitrogens is 1. The standard InChI is InChI=1S/C18H19N5O3/c1-10(24)3-6-15-21-13-5-4-12(7-14(13)22-15)23-9-11(8-19)16(20)17(23)18(25)26-2/h4-5,7,9-10,24H,3,6,20H2,1-2H3,(H,21,22). The number of aliphatic hydroxyl groups excluding tert-OH is 1. The van der Waals surface area contributed by atoms with E-state index in [4.69, 9.17) is 10.5 Å². The lowest BCUT2D eigenvalue weighted by Crippen LogP contribution is -2.11. The molecule has 0 fully saturated rings. The molecule has 1 aromatic carbocycles. The van der Waals surface area contributed by atoms with Crippen molar-refractivity contribution in [2.45, 2.75) is 25.9 Å². The number of nitriles is 1. The minimum atomic E-state index is -0.619. The highest BCUT2D eigenvalue weighted by Gasteiger charge is 2.22. The number of esters is 1. The molecule has 3 aromatic rings. The van der Waals surface area contributed by atoms with Crippen LogP contribution in [0, 0.1) is 11.3 Å². The zero-order valence-corrected chi connectivity index (χ0v) is 14.5. The van der Waals surface area contributed by atoms with E-state index in [9.17, 15) is 15.2 Å². The molecule has 1 unspecified atom stereocenters. The summed E-state index contributed by atoms with van der Waals surface area (Å²) in [6.45, 7) is 1.73. The van der Waals surface area contributed by atoms with Crippen molar-refractivity contribution in [3.8, 4) is 11.8 Å². The van der Waals surface area contributed by atoms with Gasteiger partial charge in [0, 0.05) is 18.3 Å². The van der Waals surface area contributed by atoms with Gasteiger partial charge in [0.25, 0.3) is 0 Å². The Bertz CT molecular complexity index is 1010. The van der Waals surface area contributed by atoms with Crippen molar-refractivity contribution in [1.82, 2.24) is 14.5 Å². The second kappa shape index (κ2) is 6.90. The number of nitrogens with two attached hydrogens (primary N) is 1. The molecule has 1 atom stereocenters. The van der Waals surface area contributed by atoms with Gasteiger partial charge in [0.15, 0.2) is 5.69 Å². The van der Waals surface area contributed by atoms with Crippen molar-refractivity contribution in [1.29, 1.82) is 5.26 Å². The number of hydrogen-bond acceptors (Lipinski definition) is 6. The Morgan fingerprint density at radius 3 is 2.96 bits per heavy atom. The summed E-state index contributed by atoms with van der Waals surface area (Å²) in [7, 11) is 1.26. The summed E-state index contributed by atoms with van der Waals surface area (Å²) in [6, 6.07) is 7.40. The summed E-state index contributed by atoms with van der Waals surface area (Å²) < 4.78 is 6.33. The highest BCUT2D eigenvalue weighted by Crippen LogP contribution is 2.26. The number of aromatic nitrogens is 3. The van der Waals surface area contributed by atoms with Gasteiger partial charge in [0.2, 0.25) is 0 Å². The van der Waals surface area contributed by atoms with Crippen molar-refractivity contribution in [2.24, 2.45) is 0 Å². The van der Waals surface area contributed by atoms with Gasteiger partial charge >= 0.3 is 5.97 Å². The first-order valence-corrected chi connectivity index (χ1v) is 8.11. The van der Waals surface area contributed by atoms with E-state index in [1.807, 2.05) is 18.2 Å². The quantitative estimate of drug-likeness (QED) is 0.601. The van der Waals surface area contributed by atoms with E-state index in [0.717, 1.165) is 16.9 Å². The maximum absolute atomic E-state index is 12.1. The van der Waals surface area contributed by atoms with Crippen molar-refractivity contribution in [3.63, 3.8) is 0 Å². The molecule has 4 N–H and O–H groups in total. The molecule has 0 aliphatic rings. The average Bonchev–Trinajstić information content (AvgIpc) is 3.18. The van der Waals surface area contributed by atoms with Gasteiger partial charge in [0.1, 0.15) is 11.9 Å². The molecule has 26 heavy (non-hydrogen) atoms. The maximum Gasteiger partial charge on any atom is 0.357 e. The van der Waals surface area contributed by atoms with Crippen LogP contribution in [-0.2, 0) is 11.2 Å². The van der Waals surface area contributed by atoms with Gasteiger partial charge in [-0.2, -0.15) is 5.26 Å². The number of aromatic amines is 1. The molecule has 0 aliphatic heterocycles. The van der Waals surface area contributed by atoms with Crippen molar-refractivity contribution >= 4 is 22.7 Å². The Hall–Kier alpha value is -3.31. The molecule has 0 saturated carbocycles. The minimum Gasteiger partial charge on any atom is -0.464 e. The molecular formula is C18H19N5O3. The third kappa shape index (κ3) is 3.12. The number of imidazole rings is 1. The van der Waals surface area contributed by atoms with Crippen molar-refractivity contribution < 1.29 is 14.6 Å². The fourth-order valence-corrected chi connectivity index (χ4v) is 2.78. The van der Waals surface area contributed by atoms with Crippen LogP contribution in [0.3, 0.4) is 0 Å². The lowest BCUT2D eigenvalue weighted by molar-refractivity contribution is 0.0593. The number of nitrogens with one attached hydrogen (secondary N) is 1.